The standard InChI is InChI=1S/C12H23ClO/c1-3-5-11(2)8-12(9-13)6-4-7-14-10-12/h11H,3-10H2,1-2H3. The van der Waals surface area contributed by atoms with Gasteiger partial charge in [-0.2, -0.15) is 0 Å². The molecule has 0 N–H and O–H groups in total. The third-order valence-corrected chi connectivity index (χ3v) is 3.82. The summed E-state index contributed by atoms with van der Waals surface area (Å²) in [6.45, 7) is 6.40. The Balaban J connectivity index is 2.42. The molecule has 0 aromatic carbocycles. The van der Waals surface area contributed by atoms with Crippen molar-refractivity contribution < 1.29 is 4.74 Å². The average molecular weight is 219 g/mol. The van der Waals surface area contributed by atoms with Gasteiger partial charge in [-0.05, 0) is 25.2 Å². The average Bonchev–Trinajstić information content (AvgIpc) is 2.19. The molecule has 2 unspecified atom stereocenters. The fraction of sp³-hybridized carbons (Fsp3) is 1.00. The number of halogens is 1. The topological polar surface area (TPSA) is 9.23 Å². The van der Waals surface area contributed by atoms with Gasteiger partial charge in [-0.25, -0.2) is 0 Å². The molecule has 0 aromatic rings. The van der Waals surface area contributed by atoms with Crippen molar-refractivity contribution in [1.29, 1.82) is 0 Å². The third kappa shape index (κ3) is 3.43. The van der Waals surface area contributed by atoms with Gasteiger partial charge >= 0.3 is 0 Å². The first-order chi connectivity index (χ1) is 6.72. The molecule has 0 spiro atoms. The largest absolute Gasteiger partial charge is 0.381 e. The van der Waals surface area contributed by atoms with Crippen LogP contribution in [-0.4, -0.2) is 19.1 Å². The zero-order valence-electron chi connectivity index (χ0n) is 9.52. The van der Waals surface area contributed by atoms with Crippen molar-refractivity contribution in [3.05, 3.63) is 0 Å². The second-order valence-electron chi connectivity index (χ2n) is 4.89. The van der Waals surface area contributed by atoms with Crippen LogP contribution >= 0.6 is 11.6 Å². The first-order valence-electron chi connectivity index (χ1n) is 5.86. The summed E-state index contributed by atoms with van der Waals surface area (Å²) in [6.07, 6.45) is 6.28. The first kappa shape index (κ1) is 12.3. The van der Waals surface area contributed by atoms with Crippen molar-refractivity contribution in [3.8, 4) is 0 Å². The lowest BCUT2D eigenvalue weighted by atomic mass is 9.76. The number of hydrogen-bond donors (Lipinski definition) is 0. The van der Waals surface area contributed by atoms with E-state index in [1.165, 1.54) is 32.1 Å². The van der Waals surface area contributed by atoms with Gasteiger partial charge in [-0.15, -0.1) is 11.6 Å². The fourth-order valence-corrected chi connectivity index (χ4v) is 2.88. The van der Waals surface area contributed by atoms with Crippen LogP contribution in [0.15, 0.2) is 0 Å². The molecular weight excluding hydrogens is 196 g/mol. The van der Waals surface area contributed by atoms with Gasteiger partial charge in [0.15, 0.2) is 0 Å². The molecule has 1 rings (SSSR count). The van der Waals surface area contributed by atoms with E-state index in [1.54, 1.807) is 0 Å². The van der Waals surface area contributed by atoms with Crippen molar-refractivity contribution >= 4 is 11.6 Å². The van der Waals surface area contributed by atoms with Gasteiger partial charge in [0.1, 0.15) is 0 Å². The lowest BCUT2D eigenvalue weighted by Crippen LogP contribution is -2.35. The zero-order chi connectivity index (χ0) is 10.4. The maximum Gasteiger partial charge on any atom is 0.0533 e. The van der Waals surface area contributed by atoms with Crippen molar-refractivity contribution in [2.75, 3.05) is 19.1 Å². The summed E-state index contributed by atoms with van der Waals surface area (Å²) in [5.74, 6) is 1.56. The Bertz CT molecular complexity index is 152. The van der Waals surface area contributed by atoms with Crippen LogP contribution in [0.3, 0.4) is 0 Å². The van der Waals surface area contributed by atoms with E-state index in [4.69, 9.17) is 16.3 Å². The Hall–Kier alpha value is 0.250. The minimum Gasteiger partial charge on any atom is -0.381 e. The van der Waals surface area contributed by atoms with Crippen molar-refractivity contribution in [1.82, 2.24) is 0 Å². The maximum absolute atomic E-state index is 6.10. The molecule has 0 saturated carbocycles. The molecule has 1 heterocycles. The smallest absolute Gasteiger partial charge is 0.0533 e. The summed E-state index contributed by atoms with van der Waals surface area (Å²) in [6, 6.07) is 0. The molecule has 84 valence electrons. The monoisotopic (exact) mass is 218 g/mol. The number of rotatable bonds is 5. The van der Waals surface area contributed by atoms with Crippen LogP contribution < -0.4 is 0 Å². The van der Waals surface area contributed by atoms with Gasteiger partial charge in [-0.3, -0.25) is 0 Å². The molecule has 0 bridgehead atoms. The molecule has 1 saturated heterocycles. The van der Waals surface area contributed by atoms with Crippen molar-refractivity contribution in [2.45, 2.75) is 46.0 Å². The molecule has 1 aliphatic heterocycles. The minimum absolute atomic E-state index is 0.286. The van der Waals surface area contributed by atoms with E-state index in [0.717, 1.165) is 25.0 Å². The molecule has 0 aromatic heterocycles. The number of hydrogen-bond acceptors (Lipinski definition) is 1. The van der Waals surface area contributed by atoms with Gasteiger partial charge in [0.25, 0.3) is 0 Å². The van der Waals surface area contributed by atoms with Gasteiger partial charge in [0.05, 0.1) is 6.61 Å². The van der Waals surface area contributed by atoms with Crippen LogP contribution in [0, 0.1) is 11.3 Å². The van der Waals surface area contributed by atoms with E-state index >= 15 is 0 Å². The van der Waals surface area contributed by atoms with Crippen LogP contribution in [0.5, 0.6) is 0 Å². The summed E-state index contributed by atoms with van der Waals surface area (Å²) in [5.41, 5.74) is 0.286. The molecule has 1 nitrogen and oxygen atoms in total. The minimum atomic E-state index is 0.286. The summed E-state index contributed by atoms with van der Waals surface area (Å²) in [7, 11) is 0. The Morgan fingerprint density at radius 1 is 1.50 bits per heavy atom. The van der Waals surface area contributed by atoms with E-state index in [-0.39, 0.29) is 5.41 Å². The highest BCUT2D eigenvalue weighted by molar-refractivity contribution is 6.18. The highest BCUT2D eigenvalue weighted by Crippen LogP contribution is 2.37. The second-order valence-corrected chi connectivity index (χ2v) is 5.16. The highest BCUT2D eigenvalue weighted by atomic mass is 35.5. The Morgan fingerprint density at radius 2 is 2.29 bits per heavy atom. The quantitative estimate of drug-likeness (QED) is 0.637. The van der Waals surface area contributed by atoms with Gasteiger partial charge < -0.3 is 4.74 Å². The third-order valence-electron chi connectivity index (χ3n) is 3.25. The van der Waals surface area contributed by atoms with Crippen molar-refractivity contribution in [2.24, 2.45) is 11.3 Å². The predicted octanol–water partition coefficient (Wildman–Crippen LogP) is 3.85. The fourth-order valence-electron chi connectivity index (χ4n) is 2.57. The highest BCUT2D eigenvalue weighted by Gasteiger charge is 2.33. The summed E-state index contributed by atoms with van der Waals surface area (Å²) in [4.78, 5) is 0. The summed E-state index contributed by atoms with van der Waals surface area (Å²) >= 11 is 6.10. The lowest BCUT2D eigenvalue weighted by Gasteiger charge is -2.37. The molecule has 0 amide bonds. The van der Waals surface area contributed by atoms with E-state index in [2.05, 4.69) is 13.8 Å². The van der Waals surface area contributed by atoms with E-state index in [0.29, 0.717) is 0 Å². The summed E-state index contributed by atoms with van der Waals surface area (Å²) < 4.78 is 5.57. The molecular formula is C12H23ClO. The Labute approximate surface area is 93.2 Å². The van der Waals surface area contributed by atoms with Crippen LogP contribution in [0.2, 0.25) is 0 Å². The maximum atomic E-state index is 6.10. The molecule has 2 atom stereocenters. The molecule has 1 fully saturated rings. The lowest BCUT2D eigenvalue weighted by molar-refractivity contribution is -0.00779. The van der Waals surface area contributed by atoms with E-state index < -0.39 is 0 Å². The normalized spacial score (nSPS) is 30.2. The number of alkyl halides is 1. The van der Waals surface area contributed by atoms with E-state index in [9.17, 15) is 0 Å². The SMILES string of the molecule is CCCC(C)CC1(CCl)CCCOC1. The van der Waals surface area contributed by atoms with Crippen LogP contribution in [0.25, 0.3) is 0 Å². The van der Waals surface area contributed by atoms with Gasteiger partial charge in [-0.1, -0.05) is 26.7 Å². The Morgan fingerprint density at radius 3 is 2.79 bits per heavy atom. The second kappa shape index (κ2) is 5.97. The molecule has 14 heavy (non-hydrogen) atoms. The zero-order valence-corrected chi connectivity index (χ0v) is 10.3. The van der Waals surface area contributed by atoms with Crippen molar-refractivity contribution in [3.63, 3.8) is 0 Å². The molecule has 0 aliphatic carbocycles. The number of ether oxygens (including phenoxy) is 1. The van der Waals surface area contributed by atoms with Gasteiger partial charge in [0, 0.05) is 17.9 Å². The van der Waals surface area contributed by atoms with Crippen LogP contribution in [0.1, 0.15) is 46.0 Å². The molecule has 0 radical (unpaired) electrons. The molecule has 1 aliphatic rings. The van der Waals surface area contributed by atoms with Crippen LogP contribution in [0.4, 0.5) is 0 Å². The van der Waals surface area contributed by atoms with Crippen LogP contribution in [-0.2, 0) is 4.74 Å². The predicted molar refractivity (Wildman–Crippen MR) is 61.9 cm³/mol. The van der Waals surface area contributed by atoms with Gasteiger partial charge in [0.2, 0.25) is 0 Å². The van der Waals surface area contributed by atoms with E-state index in [1.807, 2.05) is 0 Å². The Kier molecular flexibility index (Phi) is 5.25. The molecule has 2 heteroatoms. The first-order valence-corrected chi connectivity index (χ1v) is 6.39. The summed E-state index contributed by atoms with van der Waals surface area (Å²) in [5, 5.41) is 0.